The van der Waals surface area contributed by atoms with Crippen molar-refractivity contribution in [1.82, 2.24) is 5.32 Å². The molecule has 1 unspecified atom stereocenters. The molecule has 0 radical (unpaired) electrons. The Balaban J connectivity index is 2.17. The summed E-state index contributed by atoms with van der Waals surface area (Å²) in [5.74, 6) is 0. The van der Waals surface area contributed by atoms with Crippen LogP contribution in [0.25, 0.3) is 0 Å². The first kappa shape index (κ1) is 7.17. The minimum atomic E-state index is 0.237. The molecule has 1 saturated heterocycles. The van der Waals surface area contributed by atoms with Crippen LogP contribution in [0, 0.1) is 0 Å². The van der Waals surface area contributed by atoms with Gasteiger partial charge in [0.25, 0.3) is 0 Å². The van der Waals surface area contributed by atoms with Crippen LogP contribution in [-0.4, -0.2) is 18.2 Å². The summed E-state index contributed by atoms with van der Waals surface area (Å²) in [6.07, 6.45) is 4.80. The lowest BCUT2D eigenvalue weighted by atomic mass is 10.0. The molecule has 1 atom stereocenters. The third-order valence-corrected chi connectivity index (χ3v) is 2.33. The van der Waals surface area contributed by atoms with Gasteiger partial charge in [-0.05, 0) is 20.3 Å². The van der Waals surface area contributed by atoms with Gasteiger partial charge in [-0.1, -0.05) is 6.08 Å². The van der Waals surface area contributed by atoms with Crippen LogP contribution < -0.4 is 5.32 Å². The van der Waals surface area contributed by atoms with E-state index in [1.807, 2.05) is 0 Å². The average Bonchev–Trinajstić information content (AvgIpc) is 2.21. The normalized spacial score (nSPS) is 34.0. The molecule has 0 aromatic carbocycles. The molecule has 0 bridgehead atoms. The molecular weight excluding hydrogens is 138 g/mol. The molecule has 2 rings (SSSR count). The fourth-order valence-electron chi connectivity index (χ4n) is 1.85. The van der Waals surface area contributed by atoms with Gasteiger partial charge in [-0.15, -0.1) is 0 Å². The van der Waals surface area contributed by atoms with E-state index < -0.39 is 0 Å². The van der Waals surface area contributed by atoms with Crippen LogP contribution in [0.3, 0.4) is 0 Å². The van der Waals surface area contributed by atoms with Gasteiger partial charge in [0.1, 0.15) is 0 Å². The molecule has 2 nitrogen and oxygen atoms in total. The first-order valence-corrected chi connectivity index (χ1v) is 4.27. The first-order chi connectivity index (χ1) is 5.17. The maximum absolute atomic E-state index is 5.61. The van der Waals surface area contributed by atoms with E-state index in [2.05, 4.69) is 25.2 Å². The monoisotopic (exact) mass is 153 g/mol. The Hall–Kier alpha value is -0.500. The summed E-state index contributed by atoms with van der Waals surface area (Å²) in [6.45, 7) is 5.33. The lowest BCUT2D eigenvalue weighted by molar-refractivity contribution is 0.0712. The van der Waals surface area contributed by atoms with E-state index in [1.54, 1.807) is 0 Å². The Morgan fingerprint density at radius 3 is 3.18 bits per heavy atom. The molecular formula is C9H15NO. The lowest BCUT2D eigenvalue weighted by Gasteiger charge is -2.17. The fourth-order valence-corrected chi connectivity index (χ4v) is 1.85. The van der Waals surface area contributed by atoms with Gasteiger partial charge in [-0.2, -0.15) is 0 Å². The molecule has 0 saturated carbocycles. The highest BCUT2D eigenvalue weighted by Crippen LogP contribution is 2.30. The highest BCUT2D eigenvalue weighted by Gasteiger charge is 2.35. The molecule has 0 aromatic rings. The van der Waals surface area contributed by atoms with Crippen molar-refractivity contribution in [3.05, 3.63) is 11.8 Å². The van der Waals surface area contributed by atoms with Crippen molar-refractivity contribution in [3.8, 4) is 0 Å². The average molecular weight is 153 g/mol. The number of nitrogens with one attached hydrogen (secondary N) is 1. The first-order valence-electron chi connectivity index (χ1n) is 4.27. The van der Waals surface area contributed by atoms with Crippen molar-refractivity contribution >= 4 is 0 Å². The van der Waals surface area contributed by atoms with E-state index in [1.165, 1.54) is 5.70 Å². The summed E-state index contributed by atoms with van der Waals surface area (Å²) in [7, 11) is 0. The zero-order chi connectivity index (χ0) is 7.90. The van der Waals surface area contributed by atoms with E-state index in [0.717, 1.165) is 19.4 Å². The van der Waals surface area contributed by atoms with Crippen LogP contribution in [0.4, 0.5) is 0 Å². The van der Waals surface area contributed by atoms with Crippen LogP contribution in [-0.2, 0) is 4.74 Å². The summed E-state index contributed by atoms with van der Waals surface area (Å²) in [5.41, 5.74) is 1.54. The van der Waals surface area contributed by atoms with E-state index in [9.17, 15) is 0 Å². The second-order valence-corrected chi connectivity index (χ2v) is 4.02. The highest BCUT2D eigenvalue weighted by molar-refractivity contribution is 5.18. The van der Waals surface area contributed by atoms with Gasteiger partial charge < -0.3 is 10.1 Å². The molecule has 2 aliphatic rings. The maximum Gasteiger partial charge on any atom is 0.0988 e. The van der Waals surface area contributed by atoms with Crippen molar-refractivity contribution in [3.63, 3.8) is 0 Å². The highest BCUT2D eigenvalue weighted by atomic mass is 16.5. The molecule has 2 heteroatoms. The Kier molecular flexibility index (Phi) is 1.46. The van der Waals surface area contributed by atoms with Crippen molar-refractivity contribution < 1.29 is 4.74 Å². The van der Waals surface area contributed by atoms with Crippen molar-refractivity contribution in [2.24, 2.45) is 0 Å². The predicted octanol–water partition coefficient (Wildman–Crippen LogP) is 1.43. The second kappa shape index (κ2) is 2.24. The zero-order valence-electron chi connectivity index (χ0n) is 7.18. The fraction of sp³-hybridized carbons (Fsp3) is 0.778. The smallest absolute Gasteiger partial charge is 0.0988 e. The Labute approximate surface area is 67.6 Å². The van der Waals surface area contributed by atoms with Gasteiger partial charge in [0.2, 0.25) is 0 Å². The summed E-state index contributed by atoms with van der Waals surface area (Å²) in [5, 5.41) is 3.47. The summed E-state index contributed by atoms with van der Waals surface area (Å²) >= 11 is 0. The molecule has 1 fully saturated rings. The van der Waals surface area contributed by atoms with Gasteiger partial charge in [-0.3, -0.25) is 0 Å². The minimum absolute atomic E-state index is 0.237. The number of ether oxygens (including phenoxy) is 1. The molecule has 1 N–H and O–H groups in total. The molecule has 2 heterocycles. The van der Waals surface area contributed by atoms with Crippen molar-refractivity contribution in [2.45, 2.75) is 38.3 Å². The van der Waals surface area contributed by atoms with Gasteiger partial charge >= 0.3 is 0 Å². The van der Waals surface area contributed by atoms with E-state index in [4.69, 9.17) is 4.74 Å². The van der Waals surface area contributed by atoms with Crippen LogP contribution >= 0.6 is 0 Å². The quantitative estimate of drug-likeness (QED) is 0.568. The van der Waals surface area contributed by atoms with Crippen LogP contribution in [0.15, 0.2) is 11.8 Å². The third-order valence-electron chi connectivity index (χ3n) is 2.33. The number of rotatable bonds is 0. The molecule has 2 aliphatic heterocycles. The third kappa shape index (κ3) is 1.27. The number of hydrogen-bond acceptors (Lipinski definition) is 2. The van der Waals surface area contributed by atoms with Gasteiger partial charge in [-0.25, -0.2) is 0 Å². The summed E-state index contributed by atoms with van der Waals surface area (Å²) in [6, 6.07) is 0. The largest absolute Gasteiger partial charge is 0.381 e. The van der Waals surface area contributed by atoms with Gasteiger partial charge in [0.15, 0.2) is 0 Å². The molecule has 0 amide bonds. The van der Waals surface area contributed by atoms with E-state index in [-0.39, 0.29) is 5.54 Å². The van der Waals surface area contributed by atoms with Crippen LogP contribution in [0.5, 0.6) is 0 Å². The predicted molar refractivity (Wildman–Crippen MR) is 44.3 cm³/mol. The Bertz CT molecular complexity index is 196. The number of hydrogen-bond donors (Lipinski definition) is 1. The summed E-state index contributed by atoms with van der Waals surface area (Å²) in [4.78, 5) is 0. The Morgan fingerprint density at radius 2 is 2.45 bits per heavy atom. The SMILES string of the molecule is CC1(C)CC2OCCC=C2N1. The van der Waals surface area contributed by atoms with Gasteiger partial charge in [0.05, 0.1) is 12.7 Å². The second-order valence-electron chi connectivity index (χ2n) is 4.02. The topological polar surface area (TPSA) is 21.3 Å². The molecule has 0 spiro atoms. The van der Waals surface area contributed by atoms with Crippen LogP contribution in [0.2, 0.25) is 0 Å². The number of fused-ring (bicyclic) bond motifs is 1. The van der Waals surface area contributed by atoms with E-state index >= 15 is 0 Å². The molecule has 0 aliphatic carbocycles. The lowest BCUT2D eigenvalue weighted by Crippen LogP contribution is -2.30. The standard InChI is InChI=1S/C9H15NO/c1-9(2)6-8-7(10-9)4-3-5-11-8/h4,8,10H,3,5-6H2,1-2H3. The zero-order valence-corrected chi connectivity index (χ0v) is 7.18. The molecule has 62 valence electrons. The summed E-state index contributed by atoms with van der Waals surface area (Å²) < 4.78 is 5.61. The van der Waals surface area contributed by atoms with Crippen molar-refractivity contribution in [2.75, 3.05) is 6.61 Å². The minimum Gasteiger partial charge on any atom is -0.381 e. The van der Waals surface area contributed by atoms with Crippen molar-refractivity contribution in [1.29, 1.82) is 0 Å². The van der Waals surface area contributed by atoms with Gasteiger partial charge in [0, 0.05) is 17.7 Å². The maximum atomic E-state index is 5.61. The Morgan fingerprint density at radius 1 is 1.64 bits per heavy atom. The molecule has 11 heavy (non-hydrogen) atoms. The van der Waals surface area contributed by atoms with E-state index in [0.29, 0.717) is 6.10 Å². The van der Waals surface area contributed by atoms with Crippen LogP contribution in [0.1, 0.15) is 26.7 Å². The molecule has 0 aromatic heterocycles.